The van der Waals surface area contributed by atoms with E-state index in [2.05, 4.69) is 10.2 Å². The maximum absolute atomic E-state index is 12.7. The van der Waals surface area contributed by atoms with Crippen LogP contribution in [-0.4, -0.2) is 44.5 Å². The van der Waals surface area contributed by atoms with Gasteiger partial charge in [0.25, 0.3) is 0 Å². The number of benzene rings is 1. The van der Waals surface area contributed by atoms with E-state index in [1.54, 1.807) is 7.11 Å². The fourth-order valence-electron chi connectivity index (χ4n) is 2.72. The lowest BCUT2D eigenvalue weighted by Gasteiger charge is -2.22. The van der Waals surface area contributed by atoms with E-state index in [9.17, 15) is 4.79 Å². The second kappa shape index (κ2) is 7.91. The number of amides is 1. The van der Waals surface area contributed by atoms with Crippen molar-refractivity contribution in [2.24, 2.45) is 7.05 Å². The summed E-state index contributed by atoms with van der Waals surface area (Å²) in [6.45, 7) is 2.69. The number of hydrogen-bond acceptors (Lipinski definition) is 5. The molecule has 7 heteroatoms. The van der Waals surface area contributed by atoms with Crippen LogP contribution in [0.1, 0.15) is 31.2 Å². The number of aromatic nitrogens is 3. The fourth-order valence-corrected chi connectivity index (χ4v) is 3.54. The molecule has 2 aromatic rings. The van der Waals surface area contributed by atoms with Gasteiger partial charge in [-0.3, -0.25) is 4.79 Å². The lowest BCUT2D eigenvalue weighted by molar-refractivity contribution is -0.129. The second-order valence-corrected chi connectivity index (χ2v) is 7.14. The summed E-state index contributed by atoms with van der Waals surface area (Å²) in [4.78, 5) is 14.7. The molecule has 0 aliphatic heterocycles. The highest BCUT2D eigenvalue weighted by atomic mass is 32.2. The van der Waals surface area contributed by atoms with Crippen LogP contribution in [-0.2, 0) is 24.8 Å². The van der Waals surface area contributed by atoms with E-state index < -0.39 is 0 Å². The minimum absolute atomic E-state index is 0.157. The van der Waals surface area contributed by atoms with Crippen LogP contribution in [0, 0.1) is 0 Å². The van der Waals surface area contributed by atoms with Gasteiger partial charge in [0.2, 0.25) is 5.91 Å². The van der Waals surface area contributed by atoms with E-state index in [1.807, 2.05) is 47.7 Å². The fraction of sp³-hybridized carbons (Fsp3) is 0.500. The first-order valence-electron chi connectivity index (χ1n) is 8.55. The monoisotopic (exact) mass is 360 g/mol. The number of ether oxygens (including phenoxy) is 1. The minimum atomic E-state index is 0.157. The molecule has 134 valence electrons. The summed E-state index contributed by atoms with van der Waals surface area (Å²) < 4.78 is 7.15. The molecule has 3 rings (SSSR count). The van der Waals surface area contributed by atoms with Crippen molar-refractivity contribution in [2.75, 3.05) is 12.9 Å². The van der Waals surface area contributed by atoms with Gasteiger partial charge in [-0.15, -0.1) is 10.2 Å². The normalized spacial score (nSPS) is 13.7. The highest BCUT2D eigenvalue weighted by Gasteiger charge is 2.32. The molecule has 1 aromatic heterocycles. The van der Waals surface area contributed by atoms with Gasteiger partial charge in [0.05, 0.1) is 12.9 Å². The first-order valence-corrected chi connectivity index (χ1v) is 9.54. The predicted molar refractivity (Wildman–Crippen MR) is 97.7 cm³/mol. The molecule has 1 saturated carbocycles. The van der Waals surface area contributed by atoms with Crippen molar-refractivity contribution in [1.29, 1.82) is 0 Å². The number of aryl methyl sites for hydroxylation is 1. The lowest BCUT2D eigenvalue weighted by Crippen LogP contribution is -2.34. The van der Waals surface area contributed by atoms with Crippen LogP contribution in [0.4, 0.5) is 0 Å². The van der Waals surface area contributed by atoms with E-state index in [0.717, 1.165) is 41.6 Å². The Labute approximate surface area is 152 Å². The van der Waals surface area contributed by atoms with Crippen LogP contribution in [0.5, 0.6) is 5.75 Å². The SMILES string of the molecule is CCc1nnc(SCC(=O)N(Cc2ccc(OC)cc2)C2CC2)n1C. The average molecular weight is 360 g/mol. The third-order valence-electron chi connectivity index (χ3n) is 4.39. The van der Waals surface area contributed by atoms with Gasteiger partial charge in [0.15, 0.2) is 5.16 Å². The number of methoxy groups -OCH3 is 1. The first kappa shape index (κ1) is 17.8. The molecule has 1 aliphatic rings. The molecule has 0 radical (unpaired) electrons. The average Bonchev–Trinajstić information content (AvgIpc) is 3.41. The van der Waals surface area contributed by atoms with Crippen LogP contribution >= 0.6 is 11.8 Å². The Morgan fingerprint density at radius 1 is 1.32 bits per heavy atom. The highest BCUT2D eigenvalue weighted by Crippen LogP contribution is 2.30. The summed E-state index contributed by atoms with van der Waals surface area (Å²) >= 11 is 1.46. The topological polar surface area (TPSA) is 60.3 Å². The molecule has 0 atom stereocenters. The Hall–Kier alpha value is -2.02. The van der Waals surface area contributed by atoms with Gasteiger partial charge < -0.3 is 14.2 Å². The Morgan fingerprint density at radius 2 is 2.04 bits per heavy atom. The lowest BCUT2D eigenvalue weighted by atomic mass is 10.2. The van der Waals surface area contributed by atoms with Gasteiger partial charge in [-0.05, 0) is 30.5 Å². The van der Waals surface area contributed by atoms with Crippen LogP contribution in [0.3, 0.4) is 0 Å². The van der Waals surface area contributed by atoms with Crippen molar-refractivity contribution >= 4 is 17.7 Å². The van der Waals surface area contributed by atoms with Crippen LogP contribution in [0.2, 0.25) is 0 Å². The van der Waals surface area contributed by atoms with Crippen molar-refractivity contribution in [3.8, 4) is 5.75 Å². The van der Waals surface area contributed by atoms with Crippen molar-refractivity contribution in [1.82, 2.24) is 19.7 Å². The van der Waals surface area contributed by atoms with Crippen molar-refractivity contribution in [3.05, 3.63) is 35.7 Å². The minimum Gasteiger partial charge on any atom is -0.497 e. The smallest absolute Gasteiger partial charge is 0.233 e. The highest BCUT2D eigenvalue weighted by molar-refractivity contribution is 7.99. The molecule has 0 bridgehead atoms. The third-order valence-corrected chi connectivity index (χ3v) is 5.39. The molecule has 0 saturated heterocycles. The maximum Gasteiger partial charge on any atom is 0.233 e. The summed E-state index contributed by atoms with van der Waals surface area (Å²) in [5, 5.41) is 9.11. The number of carbonyl (C=O) groups excluding carboxylic acids is 1. The quantitative estimate of drug-likeness (QED) is 0.678. The molecule has 0 unspecified atom stereocenters. The Kier molecular flexibility index (Phi) is 5.63. The summed E-state index contributed by atoms with van der Waals surface area (Å²) in [6, 6.07) is 8.29. The van der Waals surface area contributed by atoms with Crippen molar-refractivity contribution in [2.45, 2.75) is 43.9 Å². The van der Waals surface area contributed by atoms with Gasteiger partial charge in [-0.25, -0.2) is 0 Å². The number of thioether (sulfide) groups is 1. The van der Waals surface area contributed by atoms with E-state index >= 15 is 0 Å². The maximum atomic E-state index is 12.7. The predicted octanol–water partition coefficient (Wildman–Crippen LogP) is 2.67. The summed E-state index contributed by atoms with van der Waals surface area (Å²) in [5.74, 6) is 2.32. The van der Waals surface area contributed by atoms with E-state index in [4.69, 9.17) is 4.74 Å². The number of rotatable bonds is 8. The molecule has 6 nitrogen and oxygen atoms in total. The molecule has 25 heavy (non-hydrogen) atoms. The molecular weight excluding hydrogens is 336 g/mol. The summed E-state index contributed by atoms with van der Waals surface area (Å²) in [7, 11) is 3.60. The Bertz CT molecular complexity index is 725. The molecule has 1 fully saturated rings. The van der Waals surface area contributed by atoms with Crippen LogP contribution < -0.4 is 4.74 Å². The van der Waals surface area contributed by atoms with Crippen molar-refractivity contribution < 1.29 is 9.53 Å². The first-order chi connectivity index (χ1) is 12.1. The number of hydrogen-bond donors (Lipinski definition) is 0. The van der Waals surface area contributed by atoms with Crippen LogP contribution in [0.25, 0.3) is 0 Å². The standard InChI is InChI=1S/C18H24N4O2S/c1-4-16-19-20-18(21(16)2)25-12-17(23)22(14-7-8-14)11-13-5-9-15(24-3)10-6-13/h5-6,9-10,14H,4,7-8,11-12H2,1-3H3. The van der Waals surface area contributed by atoms with E-state index in [0.29, 0.717) is 18.3 Å². The molecule has 0 spiro atoms. The Balaban J connectivity index is 1.61. The van der Waals surface area contributed by atoms with Crippen molar-refractivity contribution in [3.63, 3.8) is 0 Å². The van der Waals surface area contributed by atoms with Gasteiger partial charge in [0.1, 0.15) is 11.6 Å². The Morgan fingerprint density at radius 3 is 2.60 bits per heavy atom. The molecule has 1 amide bonds. The van der Waals surface area contributed by atoms with Crippen LogP contribution in [0.15, 0.2) is 29.4 Å². The molecule has 1 aliphatic carbocycles. The zero-order valence-electron chi connectivity index (χ0n) is 14.9. The zero-order valence-corrected chi connectivity index (χ0v) is 15.8. The zero-order chi connectivity index (χ0) is 17.8. The summed E-state index contributed by atoms with van der Waals surface area (Å²) in [6.07, 6.45) is 3.02. The summed E-state index contributed by atoms with van der Waals surface area (Å²) in [5.41, 5.74) is 1.12. The second-order valence-electron chi connectivity index (χ2n) is 6.20. The van der Waals surface area contributed by atoms with E-state index in [1.165, 1.54) is 11.8 Å². The molecule has 1 heterocycles. The molecule has 0 N–H and O–H groups in total. The molecular formula is C18H24N4O2S. The third kappa shape index (κ3) is 4.34. The van der Waals surface area contributed by atoms with E-state index in [-0.39, 0.29) is 5.91 Å². The largest absolute Gasteiger partial charge is 0.497 e. The van der Waals surface area contributed by atoms with Gasteiger partial charge >= 0.3 is 0 Å². The van der Waals surface area contributed by atoms with Gasteiger partial charge in [-0.1, -0.05) is 30.8 Å². The van der Waals surface area contributed by atoms with Gasteiger partial charge in [0, 0.05) is 26.1 Å². The number of nitrogens with zero attached hydrogens (tertiary/aromatic N) is 4. The van der Waals surface area contributed by atoms with Gasteiger partial charge in [-0.2, -0.15) is 0 Å². The molecule has 1 aromatic carbocycles. The number of carbonyl (C=O) groups is 1.